The van der Waals surface area contributed by atoms with Crippen molar-refractivity contribution in [2.75, 3.05) is 18.0 Å². The van der Waals surface area contributed by atoms with Crippen molar-refractivity contribution in [3.05, 3.63) is 24.3 Å². The number of halogens is 1. The molecule has 3 heterocycles. The summed E-state index contributed by atoms with van der Waals surface area (Å²) >= 11 is 0. The van der Waals surface area contributed by atoms with Crippen molar-refractivity contribution in [3.63, 3.8) is 0 Å². The molecule has 0 aliphatic carbocycles. The number of nitrogens with one attached hydrogen (secondary N) is 1. The zero-order chi connectivity index (χ0) is 16.4. The van der Waals surface area contributed by atoms with E-state index in [-0.39, 0.29) is 10.9 Å². The first-order chi connectivity index (χ1) is 11.0. The molecule has 124 valence electrons. The molecule has 0 unspecified atom stereocenters. The van der Waals surface area contributed by atoms with Crippen LogP contribution in [-0.4, -0.2) is 52.7 Å². The van der Waals surface area contributed by atoms with Crippen LogP contribution in [0.1, 0.15) is 12.8 Å². The van der Waals surface area contributed by atoms with Gasteiger partial charge < -0.3 is 4.90 Å². The summed E-state index contributed by atoms with van der Waals surface area (Å²) < 4.78 is 41.8. The van der Waals surface area contributed by atoms with Gasteiger partial charge >= 0.3 is 0 Å². The van der Waals surface area contributed by atoms with Gasteiger partial charge in [0, 0.05) is 32.4 Å². The molecule has 1 fully saturated rings. The molecule has 0 saturated carbocycles. The van der Waals surface area contributed by atoms with Crippen LogP contribution in [0.15, 0.2) is 23.4 Å². The number of aryl methyl sites for hydroxylation is 1. The SMILES string of the molecule is Cn1nnnc1N1CCC(NS(=O)(=O)c2cncc(F)c2)CC1. The van der Waals surface area contributed by atoms with Gasteiger partial charge in [0.1, 0.15) is 10.7 Å². The zero-order valence-electron chi connectivity index (χ0n) is 12.4. The maximum Gasteiger partial charge on any atom is 0.245 e. The molecule has 1 aliphatic heterocycles. The Labute approximate surface area is 132 Å². The number of piperidine rings is 1. The van der Waals surface area contributed by atoms with E-state index < -0.39 is 15.8 Å². The van der Waals surface area contributed by atoms with Gasteiger partial charge in [-0.2, -0.15) is 0 Å². The highest BCUT2D eigenvalue weighted by molar-refractivity contribution is 7.89. The fraction of sp³-hybridized carbons (Fsp3) is 0.500. The van der Waals surface area contributed by atoms with E-state index in [9.17, 15) is 12.8 Å². The Morgan fingerprint density at radius 3 is 2.65 bits per heavy atom. The van der Waals surface area contributed by atoms with Crippen LogP contribution in [0.3, 0.4) is 0 Å². The lowest BCUT2D eigenvalue weighted by molar-refractivity contribution is 0.452. The first kappa shape index (κ1) is 15.7. The minimum absolute atomic E-state index is 0.169. The van der Waals surface area contributed by atoms with Crippen molar-refractivity contribution >= 4 is 16.0 Å². The van der Waals surface area contributed by atoms with Crippen LogP contribution in [0, 0.1) is 5.82 Å². The van der Waals surface area contributed by atoms with E-state index in [1.807, 2.05) is 4.90 Å². The summed E-state index contributed by atoms with van der Waals surface area (Å²) in [6.07, 6.45) is 3.31. The molecule has 0 amide bonds. The molecule has 2 aromatic rings. The Morgan fingerprint density at radius 2 is 2.04 bits per heavy atom. The number of aromatic nitrogens is 5. The lowest BCUT2D eigenvalue weighted by atomic mass is 10.1. The molecule has 3 rings (SSSR count). The maximum absolute atomic E-state index is 13.1. The number of tetrazole rings is 1. The molecule has 1 aliphatic rings. The summed E-state index contributed by atoms with van der Waals surface area (Å²) in [5.41, 5.74) is 0. The maximum atomic E-state index is 13.1. The van der Waals surface area contributed by atoms with Gasteiger partial charge in [0.05, 0.1) is 6.20 Å². The van der Waals surface area contributed by atoms with Gasteiger partial charge in [-0.25, -0.2) is 22.2 Å². The minimum atomic E-state index is -3.78. The predicted octanol–water partition coefficient (Wildman–Crippen LogP) is -0.309. The minimum Gasteiger partial charge on any atom is -0.340 e. The molecule has 0 atom stereocenters. The number of sulfonamides is 1. The first-order valence-electron chi connectivity index (χ1n) is 7.06. The summed E-state index contributed by atoms with van der Waals surface area (Å²) in [5.74, 6) is -0.0295. The second-order valence-corrected chi connectivity index (χ2v) is 7.04. The normalized spacial score (nSPS) is 16.7. The molecule has 2 aromatic heterocycles. The van der Waals surface area contributed by atoms with Crippen LogP contribution in [0.4, 0.5) is 10.3 Å². The van der Waals surface area contributed by atoms with Crippen molar-refractivity contribution < 1.29 is 12.8 Å². The molecule has 1 saturated heterocycles. The van der Waals surface area contributed by atoms with Crippen molar-refractivity contribution in [1.82, 2.24) is 29.9 Å². The zero-order valence-corrected chi connectivity index (χ0v) is 13.2. The first-order valence-corrected chi connectivity index (χ1v) is 8.54. The monoisotopic (exact) mass is 341 g/mol. The molecule has 9 nitrogen and oxygen atoms in total. The number of hydrogen-bond acceptors (Lipinski definition) is 7. The third-order valence-corrected chi connectivity index (χ3v) is 5.17. The standard InChI is InChI=1S/C12H16FN7O2S/c1-19-12(15-17-18-19)20-4-2-10(3-5-20)16-23(21,22)11-6-9(13)7-14-8-11/h6-8,10,16H,2-5H2,1H3. The van der Waals surface area contributed by atoms with E-state index in [1.165, 1.54) is 0 Å². The fourth-order valence-corrected chi connectivity index (χ4v) is 3.79. The lowest BCUT2D eigenvalue weighted by Gasteiger charge is -2.32. The van der Waals surface area contributed by atoms with Gasteiger partial charge in [-0.15, -0.1) is 0 Å². The van der Waals surface area contributed by atoms with Crippen molar-refractivity contribution in [1.29, 1.82) is 0 Å². The predicted molar refractivity (Wildman–Crippen MR) is 78.5 cm³/mol. The Morgan fingerprint density at radius 1 is 1.30 bits per heavy atom. The highest BCUT2D eigenvalue weighted by Crippen LogP contribution is 2.18. The average Bonchev–Trinajstić information content (AvgIpc) is 2.94. The summed E-state index contributed by atoms with van der Waals surface area (Å²) in [6.45, 7) is 1.26. The van der Waals surface area contributed by atoms with Crippen LogP contribution < -0.4 is 9.62 Å². The smallest absolute Gasteiger partial charge is 0.245 e. The van der Waals surface area contributed by atoms with Crippen LogP contribution in [0.25, 0.3) is 0 Å². The summed E-state index contributed by atoms with van der Waals surface area (Å²) in [6, 6.07) is 0.732. The average molecular weight is 341 g/mol. The van der Waals surface area contributed by atoms with Crippen LogP contribution >= 0.6 is 0 Å². The van der Waals surface area contributed by atoms with Crippen molar-refractivity contribution in [3.8, 4) is 0 Å². The molecule has 1 N–H and O–H groups in total. The topological polar surface area (TPSA) is 106 Å². The quantitative estimate of drug-likeness (QED) is 0.813. The summed E-state index contributed by atoms with van der Waals surface area (Å²) in [5, 5.41) is 11.3. The van der Waals surface area contributed by atoms with E-state index in [1.54, 1.807) is 11.7 Å². The third kappa shape index (κ3) is 3.45. The number of pyridine rings is 1. The van der Waals surface area contributed by atoms with Gasteiger partial charge in [0.2, 0.25) is 16.0 Å². The van der Waals surface area contributed by atoms with Crippen LogP contribution in [0.5, 0.6) is 0 Å². The molecule has 0 aromatic carbocycles. The van der Waals surface area contributed by atoms with E-state index >= 15 is 0 Å². The molecule has 0 radical (unpaired) electrons. The number of hydrogen-bond donors (Lipinski definition) is 1. The number of rotatable bonds is 4. The van der Waals surface area contributed by atoms with Gasteiger partial charge in [0.15, 0.2) is 0 Å². The summed E-state index contributed by atoms with van der Waals surface area (Å²) in [7, 11) is -2.03. The lowest BCUT2D eigenvalue weighted by Crippen LogP contribution is -2.45. The third-order valence-electron chi connectivity index (χ3n) is 3.69. The number of anilines is 1. The second-order valence-electron chi connectivity index (χ2n) is 5.32. The van der Waals surface area contributed by atoms with Crippen molar-refractivity contribution in [2.24, 2.45) is 7.05 Å². The van der Waals surface area contributed by atoms with Gasteiger partial charge in [-0.05, 0) is 29.3 Å². The van der Waals surface area contributed by atoms with Crippen LogP contribution in [-0.2, 0) is 17.1 Å². The molecule has 0 bridgehead atoms. The molecular weight excluding hydrogens is 325 g/mol. The van der Waals surface area contributed by atoms with Crippen LogP contribution in [0.2, 0.25) is 0 Å². The second kappa shape index (κ2) is 6.16. The van der Waals surface area contributed by atoms with Gasteiger partial charge in [-0.1, -0.05) is 5.10 Å². The fourth-order valence-electron chi connectivity index (χ4n) is 2.52. The number of nitrogens with zero attached hydrogens (tertiary/aromatic N) is 6. The van der Waals surface area contributed by atoms with E-state index in [4.69, 9.17) is 0 Å². The highest BCUT2D eigenvalue weighted by Gasteiger charge is 2.26. The van der Waals surface area contributed by atoms with E-state index in [0.29, 0.717) is 31.9 Å². The van der Waals surface area contributed by atoms with Gasteiger partial charge in [0.25, 0.3) is 0 Å². The Kier molecular flexibility index (Phi) is 4.22. The Bertz CT molecular complexity index is 786. The van der Waals surface area contributed by atoms with E-state index in [0.717, 1.165) is 18.5 Å². The van der Waals surface area contributed by atoms with Gasteiger partial charge in [-0.3, -0.25) is 4.98 Å². The molecule has 23 heavy (non-hydrogen) atoms. The molecule has 0 spiro atoms. The highest BCUT2D eigenvalue weighted by atomic mass is 32.2. The Hall–Kier alpha value is -2.14. The largest absolute Gasteiger partial charge is 0.340 e. The van der Waals surface area contributed by atoms with E-state index in [2.05, 4.69) is 25.2 Å². The Balaban J connectivity index is 1.63. The molecular formula is C12H16FN7O2S. The van der Waals surface area contributed by atoms with Crippen molar-refractivity contribution in [2.45, 2.75) is 23.8 Å². The summed E-state index contributed by atoms with van der Waals surface area (Å²) in [4.78, 5) is 5.40. The molecule has 11 heteroatoms.